The second-order valence-corrected chi connectivity index (χ2v) is 12.1. The number of rotatable bonds is 7. The van der Waals surface area contributed by atoms with Gasteiger partial charge >= 0.3 is 0 Å². The summed E-state index contributed by atoms with van der Waals surface area (Å²) in [7, 11) is 5.11. The Kier molecular flexibility index (Phi) is 6.37. The maximum Gasteiger partial charge on any atom is 0.161 e. The van der Waals surface area contributed by atoms with E-state index in [1.54, 1.807) is 28.4 Å². The lowest BCUT2D eigenvalue weighted by Gasteiger charge is -2.18. The highest BCUT2D eigenvalue weighted by Crippen LogP contribution is 2.36. The molecular formula is C21H28O4Si. The van der Waals surface area contributed by atoms with Gasteiger partial charge in [0.05, 0.1) is 36.5 Å². The van der Waals surface area contributed by atoms with Gasteiger partial charge in [0.15, 0.2) is 11.5 Å². The molecule has 0 aromatic heterocycles. The van der Waals surface area contributed by atoms with E-state index >= 15 is 0 Å². The Balaban J connectivity index is 2.68. The minimum absolute atomic E-state index is 0.710. The number of benzene rings is 2. The number of hydrogen-bond donors (Lipinski definition) is 0. The normalized spacial score (nSPS) is 11.9. The highest BCUT2D eigenvalue weighted by atomic mass is 28.3. The van der Waals surface area contributed by atoms with Crippen LogP contribution in [0.25, 0.3) is 5.57 Å². The van der Waals surface area contributed by atoms with Crippen molar-refractivity contribution in [1.82, 2.24) is 0 Å². The van der Waals surface area contributed by atoms with Crippen LogP contribution >= 0.6 is 0 Å². The van der Waals surface area contributed by atoms with Crippen LogP contribution in [0.1, 0.15) is 11.1 Å². The molecule has 0 saturated carbocycles. The smallest absolute Gasteiger partial charge is 0.161 e. The summed E-state index contributed by atoms with van der Waals surface area (Å²) in [5, 5.41) is 0. The molecule has 0 spiro atoms. The molecule has 0 aliphatic heterocycles. The number of methoxy groups -OCH3 is 4. The van der Waals surface area contributed by atoms with Crippen LogP contribution in [0.15, 0.2) is 42.1 Å². The second kappa shape index (κ2) is 8.32. The molecule has 0 saturated heterocycles. The maximum atomic E-state index is 5.49. The fourth-order valence-electron chi connectivity index (χ4n) is 2.73. The van der Waals surface area contributed by atoms with Crippen molar-refractivity contribution in [2.24, 2.45) is 0 Å². The third kappa shape index (κ3) is 4.82. The van der Waals surface area contributed by atoms with E-state index in [0.717, 1.165) is 28.2 Å². The minimum Gasteiger partial charge on any atom is -0.497 e. The zero-order valence-corrected chi connectivity index (χ0v) is 17.7. The molecule has 5 heteroatoms. The van der Waals surface area contributed by atoms with Gasteiger partial charge in [0.2, 0.25) is 0 Å². The molecule has 2 rings (SSSR count). The molecule has 0 bridgehead atoms. The van der Waals surface area contributed by atoms with Gasteiger partial charge in [-0.3, -0.25) is 0 Å². The first-order chi connectivity index (χ1) is 12.3. The van der Waals surface area contributed by atoms with Crippen LogP contribution in [0.2, 0.25) is 19.6 Å². The van der Waals surface area contributed by atoms with Crippen LogP contribution < -0.4 is 18.9 Å². The van der Waals surface area contributed by atoms with Crippen molar-refractivity contribution in [2.45, 2.75) is 19.6 Å². The van der Waals surface area contributed by atoms with Crippen molar-refractivity contribution >= 4 is 13.6 Å². The summed E-state index contributed by atoms with van der Waals surface area (Å²) in [4.78, 5) is 0. The molecule has 0 N–H and O–H groups in total. The van der Waals surface area contributed by atoms with E-state index in [-0.39, 0.29) is 0 Å². The van der Waals surface area contributed by atoms with E-state index in [1.165, 1.54) is 0 Å². The highest BCUT2D eigenvalue weighted by Gasteiger charge is 2.17. The Hall–Kier alpha value is -2.40. The summed E-state index contributed by atoms with van der Waals surface area (Å²) in [5.41, 5.74) is 5.64. The Labute approximate surface area is 157 Å². The summed E-state index contributed by atoms with van der Waals surface area (Å²) in [6.45, 7) is 6.93. The predicted octanol–water partition coefficient (Wildman–Crippen LogP) is 5.03. The van der Waals surface area contributed by atoms with E-state index in [1.807, 2.05) is 30.3 Å². The van der Waals surface area contributed by atoms with Gasteiger partial charge in [-0.05, 0) is 41.0 Å². The van der Waals surface area contributed by atoms with Crippen LogP contribution in [-0.4, -0.2) is 36.5 Å². The van der Waals surface area contributed by atoms with Crippen molar-refractivity contribution in [2.75, 3.05) is 28.4 Å². The molecule has 4 nitrogen and oxygen atoms in total. The molecule has 0 aliphatic rings. The molecule has 0 amide bonds. The molecule has 26 heavy (non-hydrogen) atoms. The number of hydrogen-bond acceptors (Lipinski definition) is 4. The number of ether oxygens (including phenoxy) is 4. The summed E-state index contributed by atoms with van der Waals surface area (Å²) < 4.78 is 21.8. The van der Waals surface area contributed by atoms with Gasteiger partial charge < -0.3 is 18.9 Å². The van der Waals surface area contributed by atoms with E-state index in [0.29, 0.717) is 11.5 Å². The van der Waals surface area contributed by atoms with Crippen molar-refractivity contribution in [1.29, 1.82) is 0 Å². The van der Waals surface area contributed by atoms with Gasteiger partial charge in [0.25, 0.3) is 0 Å². The average Bonchev–Trinajstić information content (AvgIpc) is 2.64. The van der Waals surface area contributed by atoms with Crippen molar-refractivity contribution in [3.05, 3.63) is 53.2 Å². The topological polar surface area (TPSA) is 36.9 Å². The minimum atomic E-state index is -1.51. The monoisotopic (exact) mass is 372 g/mol. The first-order valence-electron chi connectivity index (χ1n) is 8.50. The summed E-state index contributed by atoms with van der Waals surface area (Å²) in [5.74, 6) is 2.95. The quantitative estimate of drug-likeness (QED) is 0.639. The molecule has 2 aromatic carbocycles. The van der Waals surface area contributed by atoms with Crippen LogP contribution in [0, 0.1) is 0 Å². The van der Waals surface area contributed by atoms with Crippen molar-refractivity contribution in [3.63, 3.8) is 0 Å². The fourth-order valence-corrected chi connectivity index (χ4v) is 3.93. The zero-order chi connectivity index (χ0) is 19.3. The van der Waals surface area contributed by atoms with Gasteiger partial charge in [-0.25, -0.2) is 0 Å². The summed E-state index contributed by atoms with van der Waals surface area (Å²) in [6.07, 6.45) is 0. The molecule has 0 aliphatic carbocycles. The first-order valence-corrected chi connectivity index (χ1v) is 12.1. The van der Waals surface area contributed by atoms with Crippen molar-refractivity contribution < 1.29 is 18.9 Å². The predicted molar refractivity (Wildman–Crippen MR) is 110 cm³/mol. The van der Waals surface area contributed by atoms with Crippen LogP contribution in [0.3, 0.4) is 0 Å². The lowest BCUT2D eigenvalue weighted by atomic mass is 9.98. The highest BCUT2D eigenvalue weighted by molar-refractivity contribution is 6.81. The third-order valence-electron chi connectivity index (χ3n) is 3.93. The Morgan fingerprint density at radius 2 is 1.27 bits per heavy atom. The molecule has 140 valence electrons. The first kappa shape index (κ1) is 19.9. The molecule has 0 atom stereocenters. The molecule has 2 aromatic rings. The molecular weight excluding hydrogens is 344 g/mol. The third-order valence-corrected chi connectivity index (χ3v) is 5.09. The standard InChI is InChI=1S/C21H28O4Si/c1-22-17-10-16(11-18(13-17)23-2)19(14-26(5,6)7)15-8-9-20(24-3)21(12-15)25-4/h8-14H,1-7H3/b19-14+. The Morgan fingerprint density at radius 3 is 1.73 bits per heavy atom. The average molecular weight is 373 g/mol. The molecule has 0 fully saturated rings. The van der Waals surface area contributed by atoms with Gasteiger partial charge in [-0.15, -0.1) is 0 Å². The summed E-state index contributed by atoms with van der Waals surface area (Å²) >= 11 is 0. The molecule has 0 unspecified atom stereocenters. The molecule has 0 heterocycles. The van der Waals surface area contributed by atoms with Crippen molar-refractivity contribution in [3.8, 4) is 23.0 Å². The van der Waals surface area contributed by atoms with E-state index < -0.39 is 8.07 Å². The van der Waals surface area contributed by atoms with E-state index in [9.17, 15) is 0 Å². The second-order valence-electron chi connectivity index (χ2n) is 7.10. The van der Waals surface area contributed by atoms with Crippen LogP contribution in [0.4, 0.5) is 0 Å². The van der Waals surface area contributed by atoms with E-state index in [4.69, 9.17) is 18.9 Å². The van der Waals surface area contributed by atoms with Gasteiger partial charge in [-0.2, -0.15) is 0 Å². The van der Waals surface area contributed by atoms with Crippen LogP contribution in [0.5, 0.6) is 23.0 Å². The fraction of sp³-hybridized carbons (Fsp3) is 0.333. The lowest BCUT2D eigenvalue weighted by molar-refractivity contribution is 0.355. The molecule has 0 radical (unpaired) electrons. The van der Waals surface area contributed by atoms with Crippen LogP contribution in [-0.2, 0) is 0 Å². The lowest BCUT2D eigenvalue weighted by Crippen LogP contribution is -2.17. The Bertz CT molecular complexity index is 769. The van der Waals surface area contributed by atoms with Gasteiger partial charge in [0, 0.05) is 6.07 Å². The zero-order valence-electron chi connectivity index (χ0n) is 16.7. The SMILES string of the molecule is COc1cc(OC)cc(/C(=C/[Si](C)(C)C)c2ccc(OC)c(OC)c2)c1. The van der Waals surface area contributed by atoms with E-state index in [2.05, 4.69) is 31.4 Å². The Morgan fingerprint density at radius 1 is 0.692 bits per heavy atom. The summed E-state index contributed by atoms with van der Waals surface area (Å²) in [6, 6.07) is 11.9. The van der Waals surface area contributed by atoms with Gasteiger partial charge in [-0.1, -0.05) is 31.4 Å². The van der Waals surface area contributed by atoms with Gasteiger partial charge in [0.1, 0.15) is 11.5 Å². The maximum absolute atomic E-state index is 5.49. The largest absolute Gasteiger partial charge is 0.497 e.